The minimum Gasteiger partial charge on any atom is -0.369 e. The van der Waals surface area contributed by atoms with Gasteiger partial charge in [0, 0.05) is 32.4 Å². The number of hydrogen-bond acceptors (Lipinski definition) is 4. The van der Waals surface area contributed by atoms with Crippen LogP contribution < -0.4 is 5.32 Å². The molecular weight excluding hydrogens is 324 g/mol. The average Bonchev–Trinajstić information content (AvgIpc) is 2.61. The average molecular weight is 351 g/mol. The summed E-state index contributed by atoms with van der Waals surface area (Å²) in [6, 6.07) is 1.75. The Bertz CT molecular complexity index is 574. The van der Waals surface area contributed by atoms with Crippen LogP contribution in [0.5, 0.6) is 0 Å². The number of carbonyl (C=O) groups is 1. The summed E-state index contributed by atoms with van der Waals surface area (Å²) in [5, 5.41) is 3.88. The lowest BCUT2D eigenvalue weighted by molar-refractivity contribution is 0.0724. The monoisotopic (exact) mass is 350 g/mol. The second-order valence-electron chi connectivity index (χ2n) is 7.06. The molecule has 1 atom stereocenters. The number of pyridine rings is 1. The predicted molar refractivity (Wildman–Crippen MR) is 97.7 cm³/mol. The molecule has 0 spiro atoms. The molecule has 0 radical (unpaired) electrons. The largest absolute Gasteiger partial charge is 0.369 e. The highest BCUT2D eigenvalue weighted by Crippen LogP contribution is 2.23. The molecule has 132 valence electrons. The van der Waals surface area contributed by atoms with Gasteiger partial charge in [-0.15, -0.1) is 0 Å². The van der Waals surface area contributed by atoms with Gasteiger partial charge in [0.1, 0.15) is 5.82 Å². The van der Waals surface area contributed by atoms with E-state index in [1.807, 2.05) is 4.90 Å². The van der Waals surface area contributed by atoms with Crippen molar-refractivity contribution in [2.45, 2.75) is 32.1 Å². The van der Waals surface area contributed by atoms with E-state index in [4.69, 9.17) is 11.6 Å². The number of nitrogens with one attached hydrogen (secondary N) is 1. The zero-order valence-corrected chi connectivity index (χ0v) is 15.2. The number of hydrogen-bond donors (Lipinski definition) is 1. The summed E-state index contributed by atoms with van der Waals surface area (Å²) in [6.45, 7) is 4.84. The van der Waals surface area contributed by atoms with Crippen molar-refractivity contribution in [1.29, 1.82) is 0 Å². The Labute approximate surface area is 149 Å². The number of carbonyl (C=O) groups excluding carboxylic acids is 1. The summed E-state index contributed by atoms with van der Waals surface area (Å²) in [5.41, 5.74) is 0.588. The van der Waals surface area contributed by atoms with Crippen molar-refractivity contribution in [3.8, 4) is 0 Å². The number of anilines is 1. The first-order chi connectivity index (χ1) is 11.6. The Balaban J connectivity index is 1.58. The zero-order valence-electron chi connectivity index (χ0n) is 14.4. The lowest BCUT2D eigenvalue weighted by atomic mass is 9.98. The van der Waals surface area contributed by atoms with E-state index >= 15 is 0 Å². The molecule has 2 saturated heterocycles. The molecule has 0 saturated carbocycles. The summed E-state index contributed by atoms with van der Waals surface area (Å²) < 4.78 is 0. The SMILES string of the molecule is CN1CCCC(CNc2ncc(C(=O)N3CCCCC3)cc2Cl)C1. The van der Waals surface area contributed by atoms with E-state index in [9.17, 15) is 4.79 Å². The molecule has 3 heterocycles. The molecule has 5 nitrogen and oxygen atoms in total. The van der Waals surface area contributed by atoms with Gasteiger partial charge in [-0.3, -0.25) is 4.79 Å². The van der Waals surface area contributed by atoms with E-state index in [0.29, 0.717) is 22.3 Å². The summed E-state index contributed by atoms with van der Waals surface area (Å²) in [4.78, 5) is 21.2. The predicted octanol–water partition coefficient (Wildman–Crippen LogP) is 3.11. The van der Waals surface area contributed by atoms with E-state index in [-0.39, 0.29) is 5.91 Å². The first-order valence-electron chi connectivity index (χ1n) is 9.00. The smallest absolute Gasteiger partial charge is 0.255 e. The zero-order chi connectivity index (χ0) is 16.9. The summed E-state index contributed by atoms with van der Waals surface area (Å²) in [6.07, 6.45) is 7.51. The highest BCUT2D eigenvalue weighted by atomic mass is 35.5. The van der Waals surface area contributed by atoms with E-state index in [0.717, 1.165) is 39.0 Å². The van der Waals surface area contributed by atoms with E-state index in [2.05, 4.69) is 22.2 Å². The van der Waals surface area contributed by atoms with E-state index in [1.54, 1.807) is 12.3 Å². The van der Waals surface area contributed by atoms with Gasteiger partial charge in [0.15, 0.2) is 0 Å². The molecular formula is C18H27ClN4O. The number of halogens is 1. The maximum atomic E-state index is 12.5. The number of piperidine rings is 2. The van der Waals surface area contributed by atoms with Crippen molar-refractivity contribution in [3.63, 3.8) is 0 Å². The van der Waals surface area contributed by atoms with Crippen LogP contribution in [-0.2, 0) is 0 Å². The van der Waals surface area contributed by atoms with E-state index in [1.165, 1.54) is 25.8 Å². The number of rotatable bonds is 4. The molecule has 2 aliphatic rings. The van der Waals surface area contributed by atoms with Gasteiger partial charge < -0.3 is 15.1 Å². The fraction of sp³-hybridized carbons (Fsp3) is 0.667. The van der Waals surface area contributed by atoms with Gasteiger partial charge in [-0.2, -0.15) is 0 Å². The molecule has 2 fully saturated rings. The summed E-state index contributed by atoms with van der Waals surface area (Å²) in [5.74, 6) is 1.35. The first-order valence-corrected chi connectivity index (χ1v) is 9.38. The van der Waals surface area contributed by atoms with Crippen LogP contribution in [0.4, 0.5) is 5.82 Å². The Kier molecular flexibility index (Phi) is 5.95. The molecule has 1 N–H and O–H groups in total. The molecule has 0 aromatic carbocycles. The van der Waals surface area contributed by atoms with Crippen LogP contribution >= 0.6 is 11.6 Å². The Morgan fingerprint density at radius 2 is 2.08 bits per heavy atom. The van der Waals surface area contributed by atoms with Gasteiger partial charge in [-0.05, 0) is 57.7 Å². The number of aromatic nitrogens is 1. The van der Waals surface area contributed by atoms with Crippen LogP contribution in [0.1, 0.15) is 42.5 Å². The van der Waals surface area contributed by atoms with E-state index < -0.39 is 0 Å². The van der Waals surface area contributed by atoms with Gasteiger partial charge in [0.2, 0.25) is 0 Å². The van der Waals surface area contributed by atoms with Crippen LogP contribution in [0, 0.1) is 5.92 Å². The van der Waals surface area contributed by atoms with Crippen molar-refractivity contribution in [2.75, 3.05) is 45.1 Å². The van der Waals surface area contributed by atoms with Crippen LogP contribution in [0.2, 0.25) is 5.02 Å². The number of nitrogens with zero attached hydrogens (tertiary/aromatic N) is 3. The number of amides is 1. The quantitative estimate of drug-likeness (QED) is 0.906. The Morgan fingerprint density at radius 3 is 2.79 bits per heavy atom. The number of likely N-dealkylation sites (tertiary alicyclic amines) is 2. The summed E-state index contributed by atoms with van der Waals surface area (Å²) >= 11 is 6.35. The van der Waals surface area contributed by atoms with Crippen LogP contribution in [0.25, 0.3) is 0 Å². The van der Waals surface area contributed by atoms with Crippen molar-refractivity contribution >= 4 is 23.3 Å². The maximum Gasteiger partial charge on any atom is 0.255 e. The molecule has 1 aromatic rings. The van der Waals surface area contributed by atoms with Crippen LogP contribution in [0.3, 0.4) is 0 Å². The topological polar surface area (TPSA) is 48.5 Å². The molecule has 24 heavy (non-hydrogen) atoms. The maximum absolute atomic E-state index is 12.5. The van der Waals surface area contributed by atoms with Gasteiger partial charge in [0.05, 0.1) is 10.6 Å². The normalized spacial score (nSPS) is 22.4. The molecule has 6 heteroatoms. The molecule has 2 aliphatic heterocycles. The fourth-order valence-corrected chi connectivity index (χ4v) is 3.88. The van der Waals surface area contributed by atoms with Crippen LogP contribution in [0.15, 0.2) is 12.3 Å². The third kappa shape index (κ3) is 4.39. The second-order valence-corrected chi connectivity index (χ2v) is 7.47. The molecule has 1 unspecified atom stereocenters. The Morgan fingerprint density at radius 1 is 1.29 bits per heavy atom. The van der Waals surface area contributed by atoms with Gasteiger partial charge >= 0.3 is 0 Å². The summed E-state index contributed by atoms with van der Waals surface area (Å²) in [7, 11) is 2.17. The van der Waals surface area contributed by atoms with Gasteiger partial charge in [0.25, 0.3) is 5.91 Å². The third-order valence-electron chi connectivity index (χ3n) is 5.01. The lowest BCUT2D eigenvalue weighted by Crippen LogP contribution is -2.36. The standard InChI is InChI=1S/C18H27ClN4O/c1-22-7-5-6-14(13-22)11-20-17-16(19)10-15(12-21-17)18(24)23-8-3-2-4-9-23/h10,12,14H,2-9,11,13H2,1H3,(H,20,21). The Hall–Kier alpha value is -1.33. The molecule has 1 amide bonds. The molecule has 0 bridgehead atoms. The first kappa shape index (κ1) is 17.5. The van der Waals surface area contributed by atoms with Crippen LogP contribution in [-0.4, -0.2) is 60.5 Å². The molecule has 0 aliphatic carbocycles. The highest BCUT2D eigenvalue weighted by Gasteiger charge is 2.20. The van der Waals surface area contributed by atoms with Gasteiger partial charge in [-0.1, -0.05) is 11.6 Å². The lowest BCUT2D eigenvalue weighted by Gasteiger charge is -2.30. The third-order valence-corrected chi connectivity index (χ3v) is 5.30. The highest BCUT2D eigenvalue weighted by molar-refractivity contribution is 6.33. The second kappa shape index (κ2) is 8.17. The minimum atomic E-state index is 0.0459. The van der Waals surface area contributed by atoms with Gasteiger partial charge in [-0.25, -0.2) is 4.98 Å². The fourth-order valence-electron chi connectivity index (χ4n) is 3.65. The van der Waals surface area contributed by atoms with Crippen molar-refractivity contribution in [3.05, 3.63) is 22.8 Å². The molecule has 1 aromatic heterocycles. The minimum absolute atomic E-state index is 0.0459. The molecule has 3 rings (SSSR count). The van der Waals surface area contributed by atoms with Crippen molar-refractivity contribution in [2.24, 2.45) is 5.92 Å². The van der Waals surface area contributed by atoms with Crippen molar-refractivity contribution in [1.82, 2.24) is 14.8 Å². The van der Waals surface area contributed by atoms with Crippen molar-refractivity contribution < 1.29 is 4.79 Å².